The van der Waals surface area contributed by atoms with Gasteiger partial charge in [0.25, 0.3) is 0 Å². The van der Waals surface area contributed by atoms with Crippen molar-refractivity contribution < 1.29 is 18.0 Å². The summed E-state index contributed by atoms with van der Waals surface area (Å²) in [6.45, 7) is 4.66. The van der Waals surface area contributed by atoms with E-state index < -0.39 is 24.7 Å². The Hall–Kier alpha value is -0.780. The summed E-state index contributed by atoms with van der Waals surface area (Å²) in [6, 6.07) is -0.383. The normalized spacial score (nSPS) is 29.9. The van der Waals surface area contributed by atoms with Gasteiger partial charge in [-0.25, -0.2) is 0 Å². The molecule has 112 valence electrons. The molecule has 0 aromatic heterocycles. The van der Waals surface area contributed by atoms with Gasteiger partial charge >= 0.3 is 6.18 Å². The van der Waals surface area contributed by atoms with Crippen molar-refractivity contribution >= 4 is 5.91 Å². The zero-order valence-electron chi connectivity index (χ0n) is 11.7. The van der Waals surface area contributed by atoms with E-state index in [9.17, 15) is 18.0 Å². The second-order valence-corrected chi connectivity index (χ2v) is 5.72. The molecular weight excluding hydrogens is 257 g/mol. The standard InChI is InChI=1S/C13H23F3N2O/c1-8-4-5-11(9(2)6-8)18-10(3)12(19)17-7-13(14,15)16/h8-11,18H,4-7H2,1-3H3,(H,17,19). The van der Waals surface area contributed by atoms with Crippen molar-refractivity contribution in [1.82, 2.24) is 10.6 Å². The van der Waals surface area contributed by atoms with Crippen LogP contribution in [0.15, 0.2) is 0 Å². The summed E-state index contributed by atoms with van der Waals surface area (Å²) in [5.41, 5.74) is 0. The van der Waals surface area contributed by atoms with E-state index in [2.05, 4.69) is 19.2 Å². The Bertz CT molecular complexity index is 307. The fourth-order valence-electron chi connectivity index (χ4n) is 2.65. The molecule has 0 spiro atoms. The van der Waals surface area contributed by atoms with E-state index in [4.69, 9.17) is 0 Å². The minimum atomic E-state index is -4.36. The maximum absolute atomic E-state index is 12.0. The van der Waals surface area contributed by atoms with Crippen molar-refractivity contribution in [2.45, 2.75) is 58.3 Å². The highest BCUT2D eigenvalue weighted by Gasteiger charge is 2.30. The SMILES string of the molecule is CC1CCC(NC(C)C(=O)NCC(F)(F)F)C(C)C1. The molecule has 0 radical (unpaired) electrons. The van der Waals surface area contributed by atoms with E-state index in [1.54, 1.807) is 6.92 Å². The van der Waals surface area contributed by atoms with Gasteiger partial charge in [0.05, 0.1) is 6.04 Å². The second-order valence-electron chi connectivity index (χ2n) is 5.72. The van der Waals surface area contributed by atoms with E-state index in [1.807, 2.05) is 5.32 Å². The Balaban J connectivity index is 2.37. The number of rotatable bonds is 4. The van der Waals surface area contributed by atoms with Crippen LogP contribution in [0.5, 0.6) is 0 Å². The summed E-state index contributed by atoms with van der Waals surface area (Å²) in [5, 5.41) is 5.05. The molecular formula is C13H23F3N2O. The smallest absolute Gasteiger partial charge is 0.346 e. The third-order valence-corrected chi connectivity index (χ3v) is 3.75. The fourth-order valence-corrected chi connectivity index (χ4v) is 2.65. The largest absolute Gasteiger partial charge is 0.405 e. The van der Waals surface area contributed by atoms with Crippen LogP contribution in [-0.4, -0.2) is 30.7 Å². The molecule has 1 rings (SSSR count). The number of alkyl halides is 3. The topological polar surface area (TPSA) is 41.1 Å². The molecule has 0 aromatic rings. The van der Waals surface area contributed by atoms with Crippen molar-refractivity contribution in [1.29, 1.82) is 0 Å². The molecule has 6 heteroatoms. The maximum atomic E-state index is 12.0. The Morgan fingerprint density at radius 2 is 1.95 bits per heavy atom. The average Bonchev–Trinajstić information content (AvgIpc) is 2.28. The number of hydrogen-bond acceptors (Lipinski definition) is 2. The first kappa shape index (κ1) is 16.3. The molecule has 1 saturated carbocycles. The second kappa shape index (κ2) is 6.59. The first-order valence-corrected chi connectivity index (χ1v) is 6.79. The van der Waals surface area contributed by atoms with Gasteiger partial charge in [0, 0.05) is 6.04 Å². The molecule has 0 aliphatic heterocycles. The molecule has 1 fully saturated rings. The third-order valence-electron chi connectivity index (χ3n) is 3.75. The van der Waals surface area contributed by atoms with Crippen molar-refractivity contribution in [2.24, 2.45) is 11.8 Å². The van der Waals surface area contributed by atoms with Crippen LogP contribution in [0.2, 0.25) is 0 Å². The molecule has 0 aromatic carbocycles. The highest BCUT2D eigenvalue weighted by atomic mass is 19.4. The molecule has 2 N–H and O–H groups in total. The number of nitrogens with one attached hydrogen (secondary N) is 2. The van der Waals surface area contributed by atoms with Gasteiger partial charge in [-0.1, -0.05) is 13.8 Å². The predicted molar refractivity (Wildman–Crippen MR) is 67.6 cm³/mol. The summed E-state index contributed by atoms with van der Waals surface area (Å²) in [6.07, 6.45) is -1.20. The van der Waals surface area contributed by atoms with Crippen molar-refractivity contribution in [3.05, 3.63) is 0 Å². The Morgan fingerprint density at radius 1 is 1.32 bits per heavy atom. The predicted octanol–water partition coefficient (Wildman–Crippen LogP) is 2.47. The lowest BCUT2D eigenvalue weighted by Crippen LogP contribution is -2.51. The fraction of sp³-hybridized carbons (Fsp3) is 0.923. The van der Waals surface area contributed by atoms with Gasteiger partial charge in [-0.3, -0.25) is 4.79 Å². The lowest BCUT2D eigenvalue weighted by atomic mass is 9.79. The Morgan fingerprint density at radius 3 is 2.47 bits per heavy atom. The molecule has 4 unspecified atom stereocenters. The van der Waals surface area contributed by atoms with Crippen molar-refractivity contribution in [3.8, 4) is 0 Å². The number of carbonyl (C=O) groups excluding carboxylic acids is 1. The minimum absolute atomic E-state index is 0.211. The van der Waals surface area contributed by atoms with Gasteiger partial charge in [0.1, 0.15) is 6.54 Å². The summed E-state index contributed by atoms with van der Waals surface area (Å²) in [4.78, 5) is 11.6. The first-order chi connectivity index (χ1) is 8.69. The molecule has 0 bridgehead atoms. The zero-order valence-corrected chi connectivity index (χ0v) is 11.7. The van der Waals surface area contributed by atoms with E-state index in [-0.39, 0.29) is 6.04 Å². The Labute approximate surface area is 112 Å². The third kappa shape index (κ3) is 5.80. The van der Waals surface area contributed by atoms with Crippen LogP contribution in [-0.2, 0) is 4.79 Å². The van der Waals surface area contributed by atoms with Crippen LogP contribution in [0.1, 0.15) is 40.0 Å². The number of amides is 1. The number of hydrogen-bond donors (Lipinski definition) is 2. The van der Waals surface area contributed by atoms with Gasteiger partial charge in [-0.15, -0.1) is 0 Å². The molecule has 1 aliphatic carbocycles. The van der Waals surface area contributed by atoms with Gasteiger partial charge in [0.2, 0.25) is 5.91 Å². The van der Waals surface area contributed by atoms with Gasteiger partial charge < -0.3 is 10.6 Å². The lowest BCUT2D eigenvalue weighted by Gasteiger charge is -2.34. The highest BCUT2D eigenvalue weighted by Crippen LogP contribution is 2.28. The van der Waals surface area contributed by atoms with Crippen LogP contribution in [0.3, 0.4) is 0 Å². The molecule has 4 atom stereocenters. The van der Waals surface area contributed by atoms with Crippen LogP contribution in [0, 0.1) is 11.8 Å². The quantitative estimate of drug-likeness (QED) is 0.830. The molecule has 19 heavy (non-hydrogen) atoms. The summed E-state index contributed by atoms with van der Waals surface area (Å²) in [5.74, 6) is 0.534. The lowest BCUT2D eigenvalue weighted by molar-refractivity contribution is -0.139. The van der Waals surface area contributed by atoms with Crippen molar-refractivity contribution in [2.75, 3.05) is 6.54 Å². The molecule has 0 heterocycles. The molecule has 0 saturated heterocycles. The zero-order chi connectivity index (χ0) is 14.6. The first-order valence-electron chi connectivity index (χ1n) is 6.79. The number of halogens is 3. The van der Waals surface area contributed by atoms with Crippen LogP contribution >= 0.6 is 0 Å². The average molecular weight is 280 g/mol. The molecule has 1 aliphatic rings. The highest BCUT2D eigenvalue weighted by molar-refractivity contribution is 5.81. The monoisotopic (exact) mass is 280 g/mol. The van der Waals surface area contributed by atoms with Gasteiger partial charge in [0.15, 0.2) is 0 Å². The molecule has 1 amide bonds. The summed E-state index contributed by atoms with van der Waals surface area (Å²) >= 11 is 0. The summed E-state index contributed by atoms with van der Waals surface area (Å²) in [7, 11) is 0. The van der Waals surface area contributed by atoms with Crippen molar-refractivity contribution in [3.63, 3.8) is 0 Å². The summed E-state index contributed by atoms with van der Waals surface area (Å²) < 4.78 is 36.0. The minimum Gasteiger partial charge on any atom is -0.346 e. The number of carbonyl (C=O) groups is 1. The van der Waals surface area contributed by atoms with E-state index in [0.29, 0.717) is 11.8 Å². The van der Waals surface area contributed by atoms with Crippen LogP contribution in [0.4, 0.5) is 13.2 Å². The van der Waals surface area contributed by atoms with Gasteiger partial charge in [-0.2, -0.15) is 13.2 Å². The van der Waals surface area contributed by atoms with E-state index in [1.165, 1.54) is 0 Å². The van der Waals surface area contributed by atoms with Gasteiger partial charge in [-0.05, 0) is 38.0 Å². The van der Waals surface area contributed by atoms with E-state index >= 15 is 0 Å². The Kier molecular flexibility index (Phi) is 5.64. The van der Waals surface area contributed by atoms with Crippen LogP contribution in [0.25, 0.3) is 0 Å². The maximum Gasteiger partial charge on any atom is 0.405 e. The molecule has 3 nitrogen and oxygen atoms in total. The van der Waals surface area contributed by atoms with Crippen LogP contribution < -0.4 is 10.6 Å². The van der Waals surface area contributed by atoms with E-state index in [0.717, 1.165) is 19.3 Å².